The van der Waals surface area contributed by atoms with E-state index in [1.807, 2.05) is 30.3 Å². The van der Waals surface area contributed by atoms with E-state index >= 15 is 0 Å². The summed E-state index contributed by atoms with van der Waals surface area (Å²) in [6, 6.07) is 14.0. The van der Waals surface area contributed by atoms with E-state index in [-0.39, 0.29) is 11.8 Å². The predicted octanol–water partition coefficient (Wildman–Crippen LogP) is 3.62. The molecule has 1 atom stereocenters. The minimum atomic E-state index is -0.734. The van der Waals surface area contributed by atoms with Crippen molar-refractivity contribution in [2.45, 2.75) is 13.0 Å². The number of carbonyl (C=O) groups is 2. The fraction of sp³-hybridized carbons (Fsp3) is 0.176. The molecular formula is C17H17ClN2O3. The van der Waals surface area contributed by atoms with E-state index in [9.17, 15) is 9.59 Å². The number of benzene rings is 2. The van der Waals surface area contributed by atoms with E-state index in [4.69, 9.17) is 16.3 Å². The summed E-state index contributed by atoms with van der Waals surface area (Å²) in [5.41, 5.74) is 1.76. The van der Waals surface area contributed by atoms with Crippen LogP contribution in [0.4, 0.5) is 11.4 Å². The highest BCUT2D eigenvalue weighted by molar-refractivity contribution is 6.34. The minimum Gasteiger partial charge on any atom is -0.367 e. The molecule has 120 valence electrons. The quantitative estimate of drug-likeness (QED) is 0.878. The molecule has 6 heteroatoms. The summed E-state index contributed by atoms with van der Waals surface area (Å²) in [7, 11) is 1.47. The van der Waals surface area contributed by atoms with Crippen molar-refractivity contribution in [2.24, 2.45) is 0 Å². The second-order valence-electron chi connectivity index (χ2n) is 4.89. The van der Waals surface area contributed by atoms with Crippen molar-refractivity contribution in [3.63, 3.8) is 0 Å². The topological polar surface area (TPSA) is 67.4 Å². The maximum Gasteiger partial charge on any atom is 0.258 e. The van der Waals surface area contributed by atoms with Crippen LogP contribution in [0.2, 0.25) is 5.02 Å². The van der Waals surface area contributed by atoms with E-state index in [2.05, 4.69) is 10.6 Å². The number of ether oxygens (including phenoxy) is 1. The van der Waals surface area contributed by atoms with Gasteiger partial charge in [-0.15, -0.1) is 0 Å². The summed E-state index contributed by atoms with van der Waals surface area (Å²) >= 11 is 6.14. The van der Waals surface area contributed by atoms with Crippen molar-refractivity contribution >= 4 is 34.8 Å². The van der Waals surface area contributed by atoms with Gasteiger partial charge < -0.3 is 15.4 Å². The first kappa shape index (κ1) is 17.0. The van der Waals surface area contributed by atoms with E-state index in [0.717, 1.165) is 5.56 Å². The molecule has 0 bridgehead atoms. The normalized spacial score (nSPS) is 11.6. The van der Waals surface area contributed by atoms with Gasteiger partial charge in [-0.25, -0.2) is 0 Å². The van der Waals surface area contributed by atoms with Crippen LogP contribution in [0, 0.1) is 0 Å². The number of nitrogens with one attached hydrogen (secondary N) is 2. The van der Waals surface area contributed by atoms with Crippen molar-refractivity contribution in [1.29, 1.82) is 0 Å². The van der Waals surface area contributed by atoms with Crippen LogP contribution >= 0.6 is 11.6 Å². The third-order valence-corrected chi connectivity index (χ3v) is 3.44. The zero-order valence-electron chi connectivity index (χ0n) is 12.8. The molecule has 0 saturated carbocycles. The number of hydrogen-bond acceptors (Lipinski definition) is 3. The second kappa shape index (κ2) is 7.76. The number of rotatable bonds is 5. The molecule has 0 aliphatic carbocycles. The van der Waals surface area contributed by atoms with E-state index in [1.165, 1.54) is 14.0 Å². The van der Waals surface area contributed by atoms with Gasteiger partial charge in [0.05, 0.1) is 10.7 Å². The zero-order valence-corrected chi connectivity index (χ0v) is 13.6. The molecule has 2 N–H and O–H groups in total. The molecule has 2 amide bonds. The number of carbonyl (C=O) groups excluding carboxylic acids is 2. The lowest BCUT2D eigenvalue weighted by Gasteiger charge is -2.16. The van der Waals surface area contributed by atoms with Gasteiger partial charge in [-0.2, -0.15) is 0 Å². The smallest absolute Gasteiger partial charge is 0.258 e. The van der Waals surface area contributed by atoms with Gasteiger partial charge >= 0.3 is 0 Å². The number of hydrogen-bond donors (Lipinski definition) is 2. The zero-order chi connectivity index (χ0) is 16.8. The van der Waals surface area contributed by atoms with Gasteiger partial charge in [0.15, 0.2) is 6.10 Å². The van der Waals surface area contributed by atoms with Crippen molar-refractivity contribution in [1.82, 2.24) is 0 Å². The Labute approximate surface area is 139 Å². The lowest BCUT2D eigenvalue weighted by molar-refractivity contribution is -0.126. The molecule has 2 aromatic carbocycles. The molecule has 0 aromatic heterocycles. The van der Waals surface area contributed by atoms with Gasteiger partial charge in [0, 0.05) is 19.7 Å². The average Bonchev–Trinajstić information content (AvgIpc) is 2.51. The predicted molar refractivity (Wildman–Crippen MR) is 90.6 cm³/mol. The fourth-order valence-electron chi connectivity index (χ4n) is 2.12. The van der Waals surface area contributed by atoms with Gasteiger partial charge in [0.1, 0.15) is 0 Å². The minimum absolute atomic E-state index is 0.193. The standard InChI is InChI=1S/C17H17ClN2O3/c1-11(21)19-13-8-9-15(14(18)10-13)20-17(22)16(23-2)12-6-4-3-5-7-12/h3-10,16H,1-2H3,(H,19,21)(H,20,22). The lowest BCUT2D eigenvalue weighted by atomic mass is 10.1. The Kier molecular flexibility index (Phi) is 5.73. The highest BCUT2D eigenvalue weighted by atomic mass is 35.5. The largest absolute Gasteiger partial charge is 0.367 e. The Balaban J connectivity index is 2.14. The Hall–Kier alpha value is -2.37. The van der Waals surface area contributed by atoms with Crippen LogP contribution in [0.1, 0.15) is 18.6 Å². The van der Waals surface area contributed by atoms with Crippen LogP contribution < -0.4 is 10.6 Å². The Morgan fingerprint density at radius 1 is 1.09 bits per heavy atom. The van der Waals surface area contributed by atoms with Gasteiger partial charge in [-0.1, -0.05) is 41.9 Å². The molecule has 0 aliphatic heterocycles. The molecule has 0 spiro atoms. The Morgan fingerprint density at radius 3 is 2.35 bits per heavy atom. The molecule has 23 heavy (non-hydrogen) atoms. The molecule has 2 rings (SSSR count). The lowest BCUT2D eigenvalue weighted by Crippen LogP contribution is -2.22. The maximum absolute atomic E-state index is 12.4. The molecule has 1 unspecified atom stereocenters. The average molecular weight is 333 g/mol. The summed E-state index contributed by atoms with van der Waals surface area (Å²) in [6.07, 6.45) is -0.734. The first-order chi connectivity index (χ1) is 11.0. The summed E-state index contributed by atoms with van der Waals surface area (Å²) in [5, 5.41) is 5.68. The van der Waals surface area contributed by atoms with Crippen molar-refractivity contribution < 1.29 is 14.3 Å². The van der Waals surface area contributed by atoms with Gasteiger partial charge in [-0.3, -0.25) is 9.59 Å². The number of methoxy groups -OCH3 is 1. The van der Waals surface area contributed by atoms with Crippen LogP contribution in [0.15, 0.2) is 48.5 Å². The van der Waals surface area contributed by atoms with Crippen molar-refractivity contribution in [3.05, 3.63) is 59.1 Å². The van der Waals surface area contributed by atoms with Gasteiger partial charge in [0.25, 0.3) is 5.91 Å². The molecule has 2 aromatic rings. The first-order valence-electron chi connectivity index (χ1n) is 6.97. The summed E-state index contributed by atoms with van der Waals surface area (Å²) < 4.78 is 5.27. The second-order valence-corrected chi connectivity index (χ2v) is 5.30. The Morgan fingerprint density at radius 2 is 1.78 bits per heavy atom. The molecule has 0 saturated heterocycles. The number of anilines is 2. The summed E-state index contributed by atoms with van der Waals surface area (Å²) in [6.45, 7) is 1.41. The van der Waals surface area contributed by atoms with Crippen molar-refractivity contribution in [3.8, 4) is 0 Å². The molecular weight excluding hydrogens is 316 g/mol. The SMILES string of the molecule is COC(C(=O)Nc1ccc(NC(C)=O)cc1Cl)c1ccccc1. The third kappa shape index (κ3) is 4.55. The molecule has 0 aliphatic rings. The van der Waals surface area contributed by atoms with Gasteiger partial charge in [0.2, 0.25) is 5.91 Å². The Bertz CT molecular complexity index is 704. The van der Waals surface area contributed by atoms with E-state index in [1.54, 1.807) is 18.2 Å². The molecule has 0 heterocycles. The summed E-state index contributed by atoms with van der Waals surface area (Å²) in [5.74, 6) is -0.519. The summed E-state index contributed by atoms with van der Waals surface area (Å²) in [4.78, 5) is 23.4. The van der Waals surface area contributed by atoms with Crippen LogP contribution in [0.3, 0.4) is 0 Å². The first-order valence-corrected chi connectivity index (χ1v) is 7.35. The fourth-order valence-corrected chi connectivity index (χ4v) is 2.35. The third-order valence-electron chi connectivity index (χ3n) is 3.12. The van der Waals surface area contributed by atoms with E-state index < -0.39 is 6.10 Å². The van der Waals surface area contributed by atoms with E-state index in [0.29, 0.717) is 16.4 Å². The van der Waals surface area contributed by atoms with Crippen LogP contribution in [-0.2, 0) is 14.3 Å². The van der Waals surface area contributed by atoms with Crippen molar-refractivity contribution in [2.75, 3.05) is 17.7 Å². The number of amides is 2. The number of halogens is 1. The van der Waals surface area contributed by atoms with Crippen LogP contribution in [-0.4, -0.2) is 18.9 Å². The monoisotopic (exact) mass is 332 g/mol. The molecule has 5 nitrogen and oxygen atoms in total. The highest BCUT2D eigenvalue weighted by Crippen LogP contribution is 2.27. The molecule has 0 fully saturated rings. The van der Waals surface area contributed by atoms with Gasteiger partial charge in [-0.05, 0) is 23.8 Å². The maximum atomic E-state index is 12.4. The molecule has 0 radical (unpaired) electrons. The van der Waals surface area contributed by atoms with Crippen LogP contribution in [0.25, 0.3) is 0 Å². The highest BCUT2D eigenvalue weighted by Gasteiger charge is 2.20. The van der Waals surface area contributed by atoms with Crippen LogP contribution in [0.5, 0.6) is 0 Å².